The minimum atomic E-state index is 0.183. The Hall–Kier alpha value is -0.320. The molecule has 17 heavy (non-hydrogen) atoms. The van der Waals surface area contributed by atoms with Crippen molar-refractivity contribution in [3.05, 3.63) is 12.2 Å². The molecule has 0 aromatic rings. The molecule has 0 aromatic carbocycles. The predicted molar refractivity (Wildman–Crippen MR) is 77.3 cm³/mol. The van der Waals surface area contributed by atoms with Gasteiger partial charge in [-0.15, -0.1) is 0 Å². The Bertz CT molecular complexity index is 303. The van der Waals surface area contributed by atoms with E-state index in [-0.39, 0.29) is 5.41 Å². The summed E-state index contributed by atoms with van der Waals surface area (Å²) in [6.07, 6.45) is 8.99. The Kier molecular flexibility index (Phi) is 4.65. The Morgan fingerprint density at radius 1 is 1.59 bits per heavy atom. The number of nitrogens with zero attached hydrogens (tertiary/aromatic N) is 2. The number of aliphatic imine (C=N–C) groups is 1. The van der Waals surface area contributed by atoms with Crippen molar-refractivity contribution in [1.29, 1.82) is 0 Å². The van der Waals surface area contributed by atoms with Crippen LogP contribution in [0.1, 0.15) is 12.8 Å². The van der Waals surface area contributed by atoms with Crippen LogP contribution in [0.5, 0.6) is 0 Å². The van der Waals surface area contributed by atoms with E-state index in [9.17, 15) is 0 Å². The van der Waals surface area contributed by atoms with Crippen LogP contribution in [0.25, 0.3) is 0 Å². The molecule has 0 saturated carbocycles. The predicted octanol–water partition coefficient (Wildman–Crippen LogP) is 1.23. The summed E-state index contributed by atoms with van der Waals surface area (Å²) < 4.78 is 0. The minimum absolute atomic E-state index is 0.183. The van der Waals surface area contributed by atoms with Crippen LogP contribution >= 0.6 is 12.6 Å². The number of dihydropyridines is 1. The zero-order chi connectivity index (χ0) is 12.1. The van der Waals surface area contributed by atoms with Crippen LogP contribution in [0, 0.1) is 5.41 Å². The molecule has 0 spiro atoms. The maximum absolute atomic E-state index is 4.49. The van der Waals surface area contributed by atoms with E-state index < -0.39 is 0 Å². The quantitative estimate of drug-likeness (QED) is 0.570. The summed E-state index contributed by atoms with van der Waals surface area (Å²) in [5, 5.41) is 3.51. The average molecular weight is 253 g/mol. The molecule has 0 radical (unpaired) electrons. The summed E-state index contributed by atoms with van der Waals surface area (Å²) in [5.74, 6) is 0.892. The molecule has 1 fully saturated rings. The molecule has 2 aliphatic heterocycles. The molecule has 2 rings (SSSR count). The molecule has 2 aliphatic rings. The van der Waals surface area contributed by atoms with E-state index in [4.69, 9.17) is 0 Å². The fraction of sp³-hybridized carbons (Fsp3) is 0.769. The van der Waals surface area contributed by atoms with Crippen molar-refractivity contribution in [2.45, 2.75) is 18.9 Å². The zero-order valence-electron chi connectivity index (χ0n) is 10.6. The molecule has 0 bridgehead atoms. The Balaban J connectivity index is 2.06. The normalized spacial score (nSPS) is 33.4. The van der Waals surface area contributed by atoms with Crippen molar-refractivity contribution in [2.75, 3.05) is 39.0 Å². The first kappa shape index (κ1) is 13.1. The van der Waals surface area contributed by atoms with Crippen molar-refractivity contribution < 1.29 is 0 Å². The lowest BCUT2D eigenvalue weighted by molar-refractivity contribution is 0.164. The lowest BCUT2D eigenvalue weighted by Gasteiger charge is -2.40. The van der Waals surface area contributed by atoms with Gasteiger partial charge in [0.05, 0.1) is 6.54 Å². The molecule has 3 nitrogen and oxygen atoms in total. The van der Waals surface area contributed by atoms with Crippen molar-refractivity contribution in [3.63, 3.8) is 0 Å². The minimum Gasteiger partial charge on any atom is -0.315 e. The van der Waals surface area contributed by atoms with Gasteiger partial charge < -0.3 is 10.2 Å². The number of hydrogen-bond donors (Lipinski definition) is 2. The highest BCUT2D eigenvalue weighted by atomic mass is 32.1. The molecule has 0 aromatic heterocycles. The Morgan fingerprint density at radius 2 is 2.47 bits per heavy atom. The highest BCUT2D eigenvalue weighted by molar-refractivity contribution is 7.80. The largest absolute Gasteiger partial charge is 0.315 e. The number of hydrogen-bond acceptors (Lipinski definition) is 4. The molecule has 1 saturated heterocycles. The fourth-order valence-corrected chi connectivity index (χ4v) is 3.21. The van der Waals surface area contributed by atoms with E-state index in [1.807, 2.05) is 6.21 Å². The monoisotopic (exact) mass is 253 g/mol. The number of thiol groups is 1. The summed E-state index contributed by atoms with van der Waals surface area (Å²) in [7, 11) is 2.24. The lowest BCUT2D eigenvalue weighted by atomic mass is 9.77. The first-order valence-electron chi connectivity index (χ1n) is 6.48. The fourth-order valence-electron chi connectivity index (χ4n) is 3.06. The number of likely N-dealkylation sites (tertiary alicyclic amines) is 1. The molecule has 1 unspecified atom stereocenters. The first-order chi connectivity index (χ1) is 8.28. The molecule has 1 N–H and O–H groups in total. The van der Waals surface area contributed by atoms with Crippen LogP contribution in [-0.2, 0) is 0 Å². The summed E-state index contributed by atoms with van der Waals surface area (Å²) in [6, 6.07) is 0.628. The second kappa shape index (κ2) is 6.03. The second-order valence-electron chi connectivity index (χ2n) is 5.12. The van der Waals surface area contributed by atoms with Crippen molar-refractivity contribution >= 4 is 18.8 Å². The molecule has 0 amide bonds. The smallest absolute Gasteiger partial charge is 0.0507 e. The molecule has 2 heterocycles. The van der Waals surface area contributed by atoms with E-state index in [1.165, 1.54) is 19.4 Å². The number of rotatable bonds is 5. The summed E-state index contributed by atoms with van der Waals surface area (Å²) in [5.41, 5.74) is 0.183. The van der Waals surface area contributed by atoms with Gasteiger partial charge in [0, 0.05) is 36.5 Å². The Labute approximate surface area is 110 Å². The third-order valence-electron chi connectivity index (χ3n) is 3.93. The van der Waals surface area contributed by atoms with Gasteiger partial charge in [-0.25, -0.2) is 0 Å². The van der Waals surface area contributed by atoms with Gasteiger partial charge in [-0.3, -0.25) is 4.99 Å². The van der Waals surface area contributed by atoms with Crippen LogP contribution in [0.2, 0.25) is 0 Å². The molecule has 2 atom stereocenters. The standard InChI is InChI=1S/C13H23N3S/c1-16-8-2-4-12(16)13(11-15-7-9-17)5-3-6-14-10-13/h3,5-6,12,15,17H,2,4,7-11H2,1H3/t12-,13?/m0/s1. The van der Waals surface area contributed by atoms with Crippen LogP contribution in [0.15, 0.2) is 17.1 Å². The number of nitrogens with one attached hydrogen (secondary N) is 1. The van der Waals surface area contributed by atoms with E-state index in [0.717, 1.165) is 25.4 Å². The van der Waals surface area contributed by atoms with Gasteiger partial charge in [-0.2, -0.15) is 12.6 Å². The third-order valence-corrected chi connectivity index (χ3v) is 4.16. The van der Waals surface area contributed by atoms with Gasteiger partial charge in [0.25, 0.3) is 0 Å². The summed E-state index contributed by atoms with van der Waals surface area (Å²) in [4.78, 5) is 6.98. The van der Waals surface area contributed by atoms with E-state index in [2.05, 4.69) is 47.0 Å². The maximum atomic E-state index is 4.49. The van der Waals surface area contributed by atoms with Crippen LogP contribution in [0.4, 0.5) is 0 Å². The van der Waals surface area contributed by atoms with Gasteiger partial charge in [0.1, 0.15) is 0 Å². The highest BCUT2D eigenvalue weighted by Crippen LogP contribution is 2.35. The van der Waals surface area contributed by atoms with E-state index in [1.54, 1.807) is 0 Å². The highest BCUT2D eigenvalue weighted by Gasteiger charge is 2.41. The first-order valence-corrected chi connectivity index (χ1v) is 7.11. The van der Waals surface area contributed by atoms with Gasteiger partial charge in [-0.1, -0.05) is 6.08 Å². The van der Waals surface area contributed by atoms with Gasteiger partial charge in [0.2, 0.25) is 0 Å². The van der Waals surface area contributed by atoms with Crippen LogP contribution in [0.3, 0.4) is 0 Å². The lowest BCUT2D eigenvalue weighted by Crippen LogP contribution is -2.50. The van der Waals surface area contributed by atoms with Gasteiger partial charge in [0.15, 0.2) is 0 Å². The molecule has 96 valence electrons. The maximum Gasteiger partial charge on any atom is 0.0507 e. The molecule has 0 aliphatic carbocycles. The molecular formula is C13H23N3S. The summed E-state index contributed by atoms with van der Waals surface area (Å²) >= 11 is 4.25. The zero-order valence-corrected chi connectivity index (χ0v) is 11.5. The van der Waals surface area contributed by atoms with E-state index in [0.29, 0.717) is 6.04 Å². The second-order valence-corrected chi connectivity index (χ2v) is 5.57. The van der Waals surface area contributed by atoms with Crippen LogP contribution in [-0.4, -0.2) is 56.1 Å². The van der Waals surface area contributed by atoms with E-state index >= 15 is 0 Å². The van der Waals surface area contributed by atoms with Crippen molar-refractivity contribution in [2.24, 2.45) is 10.4 Å². The topological polar surface area (TPSA) is 27.6 Å². The SMILES string of the molecule is CN1CCC[C@H]1C1(CNCCS)C=CC=NC1. The Morgan fingerprint density at radius 3 is 3.06 bits per heavy atom. The van der Waals surface area contributed by atoms with Gasteiger partial charge in [-0.05, 0) is 32.5 Å². The third kappa shape index (κ3) is 2.92. The van der Waals surface area contributed by atoms with Crippen LogP contribution < -0.4 is 5.32 Å². The van der Waals surface area contributed by atoms with Gasteiger partial charge >= 0.3 is 0 Å². The number of allylic oxidation sites excluding steroid dienone is 1. The summed E-state index contributed by atoms with van der Waals surface area (Å²) in [6.45, 7) is 4.11. The average Bonchev–Trinajstić information content (AvgIpc) is 2.78. The van der Waals surface area contributed by atoms with Crippen molar-refractivity contribution in [3.8, 4) is 0 Å². The molecular weight excluding hydrogens is 230 g/mol. The molecule has 4 heteroatoms. The van der Waals surface area contributed by atoms with Crippen molar-refractivity contribution in [1.82, 2.24) is 10.2 Å².